The first-order valence-corrected chi connectivity index (χ1v) is 7.59. The minimum Gasteiger partial charge on any atom is -0.381 e. The third-order valence-corrected chi connectivity index (χ3v) is 4.26. The number of rotatable bonds is 3. The summed E-state index contributed by atoms with van der Waals surface area (Å²) in [5.41, 5.74) is 1.66. The minimum atomic E-state index is -0.991. The van der Waals surface area contributed by atoms with Crippen LogP contribution in [0, 0.1) is 13.8 Å². The zero-order valence-corrected chi connectivity index (χ0v) is 13.5. The van der Waals surface area contributed by atoms with Crippen LogP contribution in [0.3, 0.4) is 0 Å². The molecule has 0 bridgehead atoms. The number of aromatic nitrogens is 5. The Morgan fingerprint density at radius 2 is 2.09 bits per heavy atom. The van der Waals surface area contributed by atoms with Crippen LogP contribution in [-0.4, -0.2) is 43.2 Å². The molecule has 22 heavy (non-hydrogen) atoms. The molecule has 0 aliphatic carbocycles. The van der Waals surface area contributed by atoms with Gasteiger partial charge in [-0.05, 0) is 33.3 Å². The molecule has 1 saturated heterocycles. The van der Waals surface area contributed by atoms with Crippen molar-refractivity contribution in [2.45, 2.75) is 45.8 Å². The van der Waals surface area contributed by atoms with E-state index in [-0.39, 0.29) is 6.04 Å². The molecule has 0 saturated carbocycles. The lowest BCUT2D eigenvalue weighted by Gasteiger charge is -2.21. The number of hydrogen-bond donors (Lipinski definition) is 1. The van der Waals surface area contributed by atoms with Gasteiger partial charge in [-0.15, -0.1) is 5.10 Å². The number of anilines is 1. The van der Waals surface area contributed by atoms with Crippen molar-refractivity contribution in [1.82, 2.24) is 25.0 Å². The normalized spacial score (nSPS) is 21.8. The monoisotopic (exact) mass is 302 g/mol. The van der Waals surface area contributed by atoms with Crippen LogP contribution in [-0.2, 0) is 5.60 Å². The van der Waals surface area contributed by atoms with E-state index in [0.29, 0.717) is 31.2 Å². The van der Waals surface area contributed by atoms with Crippen molar-refractivity contribution < 1.29 is 5.11 Å². The average molecular weight is 302 g/mol. The van der Waals surface area contributed by atoms with Gasteiger partial charge in [0, 0.05) is 30.9 Å². The van der Waals surface area contributed by atoms with Crippen molar-refractivity contribution in [2.75, 3.05) is 18.0 Å². The van der Waals surface area contributed by atoms with Gasteiger partial charge in [-0.1, -0.05) is 5.21 Å². The highest BCUT2D eigenvalue weighted by Gasteiger charge is 2.41. The second-order valence-electron chi connectivity index (χ2n) is 6.32. The molecule has 1 aliphatic rings. The fourth-order valence-corrected chi connectivity index (χ4v) is 2.58. The van der Waals surface area contributed by atoms with Crippen LogP contribution < -0.4 is 4.90 Å². The zero-order valence-electron chi connectivity index (χ0n) is 13.5. The fraction of sp³-hybridized carbons (Fsp3) is 0.600. The van der Waals surface area contributed by atoms with Crippen LogP contribution in [0.4, 0.5) is 5.95 Å². The molecule has 7 nitrogen and oxygen atoms in total. The Kier molecular flexibility index (Phi) is 3.60. The summed E-state index contributed by atoms with van der Waals surface area (Å²) < 4.78 is 1.77. The Labute approximate surface area is 130 Å². The van der Waals surface area contributed by atoms with E-state index in [1.54, 1.807) is 4.68 Å². The molecule has 3 rings (SSSR count). The van der Waals surface area contributed by atoms with Gasteiger partial charge in [-0.25, -0.2) is 14.6 Å². The topological polar surface area (TPSA) is 80.0 Å². The van der Waals surface area contributed by atoms with E-state index in [9.17, 15) is 5.11 Å². The zero-order chi connectivity index (χ0) is 15.9. The van der Waals surface area contributed by atoms with Gasteiger partial charge >= 0.3 is 0 Å². The summed E-state index contributed by atoms with van der Waals surface area (Å²) in [7, 11) is 0. The maximum Gasteiger partial charge on any atom is 0.225 e. The van der Waals surface area contributed by atoms with Gasteiger partial charge < -0.3 is 10.0 Å². The summed E-state index contributed by atoms with van der Waals surface area (Å²) in [6.45, 7) is 9.17. The lowest BCUT2D eigenvalue weighted by Crippen LogP contribution is -2.32. The van der Waals surface area contributed by atoms with Gasteiger partial charge in [0.25, 0.3) is 0 Å². The summed E-state index contributed by atoms with van der Waals surface area (Å²) in [6.07, 6.45) is 4.25. The summed E-state index contributed by atoms with van der Waals surface area (Å²) in [4.78, 5) is 10.9. The number of β-amino-alcohol motifs (C(OH)–C–C–N with tert-alkyl or cyclic N) is 1. The number of aryl methyl sites for hydroxylation is 2. The third kappa shape index (κ3) is 2.56. The molecule has 1 N–H and O–H groups in total. The molecule has 3 heterocycles. The second kappa shape index (κ2) is 5.31. The van der Waals surface area contributed by atoms with E-state index in [0.717, 1.165) is 11.3 Å². The van der Waals surface area contributed by atoms with E-state index in [1.807, 2.05) is 45.0 Å². The summed E-state index contributed by atoms with van der Waals surface area (Å²) in [5, 5.41) is 19.1. The Balaban J connectivity index is 1.81. The molecule has 2 aromatic rings. The van der Waals surface area contributed by atoms with Crippen molar-refractivity contribution in [2.24, 2.45) is 0 Å². The minimum absolute atomic E-state index is 0.227. The first-order valence-electron chi connectivity index (χ1n) is 7.59. The van der Waals surface area contributed by atoms with Crippen LogP contribution in [0.5, 0.6) is 0 Å². The maximum atomic E-state index is 10.9. The molecular formula is C15H22N6O. The summed E-state index contributed by atoms with van der Waals surface area (Å²) >= 11 is 0. The molecule has 2 aromatic heterocycles. The van der Waals surface area contributed by atoms with E-state index in [1.165, 1.54) is 0 Å². The van der Waals surface area contributed by atoms with Gasteiger partial charge in [0.15, 0.2) is 0 Å². The maximum absolute atomic E-state index is 10.9. The number of nitrogens with zero attached hydrogens (tertiary/aromatic N) is 6. The molecule has 0 radical (unpaired) electrons. The molecule has 0 amide bonds. The van der Waals surface area contributed by atoms with E-state index < -0.39 is 5.60 Å². The summed E-state index contributed by atoms with van der Waals surface area (Å²) in [5.74, 6) is 0.662. The Morgan fingerprint density at radius 1 is 1.32 bits per heavy atom. The van der Waals surface area contributed by atoms with Crippen LogP contribution in [0.15, 0.2) is 12.4 Å². The number of aliphatic hydroxyl groups is 1. The highest BCUT2D eigenvalue weighted by molar-refractivity contribution is 5.36. The molecule has 1 fully saturated rings. The number of hydrogen-bond acceptors (Lipinski definition) is 6. The molecule has 0 unspecified atom stereocenters. The van der Waals surface area contributed by atoms with Crippen LogP contribution >= 0.6 is 0 Å². The second-order valence-corrected chi connectivity index (χ2v) is 6.32. The SMILES string of the molecule is Cc1cnc(N2CC[C@@](O)(c3cn(C(C)C)nn3)C2)nc1C. The predicted octanol–water partition coefficient (Wildman–Crippen LogP) is 1.36. The highest BCUT2D eigenvalue weighted by Crippen LogP contribution is 2.32. The molecule has 1 atom stereocenters. The van der Waals surface area contributed by atoms with E-state index >= 15 is 0 Å². The third-order valence-electron chi connectivity index (χ3n) is 4.26. The van der Waals surface area contributed by atoms with Crippen molar-refractivity contribution in [1.29, 1.82) is 0 Å². The van der Waals surface area contributed by atoms with Gasteiger partial charge in [-0.2, -0.15) is 0 Å². The van der Waals surface area contributed by atoms with Crippen LogP contribution in [0.1, 0.15) is 43.3 Å². The molecule has 7 heteroatoms. The first-order chi connectivity index (χ1) is 10.4. The molecule has 1 aliphatic heterocycles. The van der Waals surface area contributed by atoms with E-state index in [2.05, 4.69) is 20.3 Å². The van der Waals surface area contributed by atoms with Gasteiger partial charge in [0.2, 0.25) is 5.95 Å². The predicted molar refractivity (Wildman–Crippen MR) is 82.6 cm³/mol. The van der Waals surface area contributed by atoms with Crippen molar-refractivity contribution in [3.63, 3.8) is 0 Å². The van der Waals surface area contributed by atoms with E-state index in [4.69, 9.17) is 0 Å². The quantitative estimate of drug-likeness (QED) is 0.922. The Hall–Kier alpha value is -2.02. The van der Waals surface area contributed by atoms with Crippen molar-refractivity contribution in [3.8, 4) is 0 Å². The van der Waals surface area contributed by atoms with Crippen LogP contribution in [0.25, 0.3) is 0 Å². The van der Waals surface area contributed by atoms with Crippen molar-refractivity contribution in [3.05, 3.63) is 29.3 Å². The van der Waals surface area contributed by atoms with Gasteiger partial charge in [-0.3, -0.25) is 0 Å². The molecular weight excluding hydrogens is 280 g/mol. The van der Waals surface area contributed by atoms with Crippen molar-refractivity contribution >= 4 is 5.95 Å². The molecule has 0 spiro atoms. The summed E-state index contributed by atoms with van der Waals surface area (Å²) in [6, 6.07) is 0.227. The Bertz CT molecular complexity index is 682. The average Bonchev–Trinajstić information content (AvgIpc) is 3.09. The molecule has 118 valence electrons. The molecule has 0 aromatic carbocycles. The fourth-order valence-electron chi connectivity index (χ4n) is 2.58. The lowest BCUT2D eigenvalue weighted by atomic mass is 10.00. The highest BCUT2D eigenvalue weighted by atomic mass is 16.3. The lowest BCUT2D eigenvalue weighted by molar-refractivity contribution is 0.0558. The van der Waals surface area contributed by atoms with Gasteiger partial charge in [0.05, 0.1) is 12.7 Å². The standard InChI is InChI=1S/C15H22N6O/c1-10(2)21-8-13(18-19-21)15(22)5-6-20(9-15)14-16-7-11(3)12(4)17-14/h7-8,10,22H,5-6,9H2,1-4H3/t15-/m0/s1. The largest absolute Gasteiger partial charge is 0.381 e. The first kappa shape index (κ1) is 14.9. The smallest absolute Gasteiger partial charge is 0.225 e. The Morgan fingerprint density at radius 3 is 2.73 bits per heavy atom. The van der Waals surface area contributed by atoms with Gasteiger partial charge in [0.1, 0.15) is 11.3 Å². The van der Waals surface area contributed by atoms with Crippen LogP contribution in [0.2, 0.25) is 0 Å².